The SMILES string of the molecule is CCCN(CCC)C(=O)CSc1nc2c(c(=O)n1CC)C1(CCCCC1)Cc1ccccc1-2. The summed E-state index contributed by atoms with van der Waals surface area (Å²) in [6.45, 7) is 8.33. The molecule has 0 N–H and O–H groups in total. The summed E-state index contributed by atoms with van der Waals surface area (Å²) >= 11 is 1.42. The van der Waals surface area contributed by atoms with Crippen molar-refractivity contribution in [3.63, 3.8) is 0 Å². The second-order valence-corrected chi connectivity index (χ2v) is 10.5. The molecule has 1 aromatic heterocycles. The number of nitrogens with zero attached hydrogens (tertiary/aromatic N) is 3. The van der Waals surface area contributed by atoms with Crippen LogP contribution in [-0.4, -0.2) is 39.2 Å². The molecule has 1 fully saturated rings. The van der Waals surface area contributed by atoms with Crippen LogP contribution < -0.4 is 5.56 Å². The summed E-state index contributed by atoms with van der Waals surface area (Å²) in [5.74, 6) is 0.445. The van der Waals surface area contributed by atoms with E-state index in [1.165, 1.54) is 36.6 Å². The molecule has 5 nitrogen and oxygen atoms in total. The summed E-state index contributed by atoms with van der Waals surface area (Å²) in [4.78, 5) is 33.9. The number of carbonyl (C=O) groups is 1. The summed E-state index contributed by atoms with van der Waals surface area (Å²) in [6.07, 6.45) is 8.54. The van der Waals surface area contributed by atoms with Gasteiger partial charge in [0.15, 0.2) is 5.16 Å². The van der Waals surface area contributed by atoms with Crippen LogP contribution in [0.4, 0.5) is 0 Å². The molecule has 0 unspecified atom stereocenters. The van der Waals surface area contributed by atoms with Crippen LogP contribution in [0.15, 0.2) is 34.2 Å². The number of fused-ring (bicyclic) bond motifs is 4. The van der Waals surface area contributed by atoms with Crippen molar-refractivity contribution in [2.75, 3.05) is 18.8 Å². The molecule has 2 aromatic rings. The van der Waals surface area contributed by atoms with Gasteiger partial charge in [-0.3, -0.25) is 14.2 Å². The molecule has 0 atom stereocenters. The zero-order valence-electron chi connectivity index (χ0n) is 20.4. The zero-order chi connectivity index (χ0) is 23.4. The smallest absolute Gasteiger partial charge is 0.258 e. The molecule has 1 saturated carbocycles. The highest BCUT2D eigenvalue weighted by Crippen LogP contribution is 2.48. The number of benzene rings is 1. The van der Waals surface area contributed by atoms with Crippen molar-refractivity contribution in [2.45, 2.75) is 89.3 Å². The Balaban J connectivity index is 1.75. The van der Waals surface area contributed by atoms with E-state index in [2.05, 4.69) is 32.0 Å². The Morgan fingerprint density at radius 2 is 1.79 bits per heavy atom. The summed E-state index contributed by atoms with van der Waals surface area (Å²) in [5.41, 5.74) is 4.20. The average Bonchev–Trinajstić information content (AvgIpc) is 2.82. The van der Waals surface area contributed by atoms with Crippen molar-refractivity contribution in [3.05, 3.63) is 45.7 Å². The minimum atomic E-state index is -0.0962. The molecule has 0 aliphatic heterocycles. The van der Waals surface area contributed by atoms with Gasteiger partial charge in [-0.2, -0.15) is 0 Å². The molecule has 0 radical (unpaired) electrons. The molecule has 0 saturated heterocycles. The third kappa shape index (κ3) is 4.64. The highest BCUT2D eigenvalue weighted by molar-refractivity contribution is 7.99. The van der Waals surface area contributed by atoms with Crippen LogP contribution in [0.25, 0.3) is 11.3 Å². The van der Waals surface area contributed by atoms with E-state index in [1.54, 1.807) is 0 Å². The second kappa shape index (κ2) is 10.5. The number of aromatic nitrogens is 2. The molecule has 33 heavy (non-hydrogen) atoms. The lowest BCUT2D eigenvalue weighted by Crippen LogP contribution is -2.43. The summed E-state index contributed by atoms with van der Waals surface area (Å²) in [5, 5.41) is 0.671. The van der Waals surface area contributed by atoms with Crippen LogP contribution in [-0.2, 0) is 23.2 Å². The first-order valence-electron chi connectivity index (χ1n) is 12.7. The Labute approximate surface area is 202 Å². The second-order valence-electron chi connectivity index (χ2n) is 9.51. The molecule has 6 heteroatoms. The van der Waals surface area contributed by atoms with Gasteiger partial charge in [-0.15, -0.1) is 0 Å². The van der Waals surface area contributed by atoms with Crippen molar-refractivity contribution < 1.29 is 4.79 Å². The molecule has 1 amide bonds. The van der Waals surface area contributed by atoms with Gasteiger partial charge in [-0.25, -0.2) is 4.98 Å². The normalized spacial score (nSPS) is 16.3. The number of thioether (sulfide) groups is 1. The number of hydrogen-bond donors (Lipinski definition) is 0. The van der Waals surface area contributed by atoms with Gasteiger partial charge in [0, 0.05) is 30.6 Å². The molecule has 0 bridgehead atoms. The Hall–Kier alpha value is -2.08. The number of hydrogen-bond acceptors (Lipinski definition) is 4. The molecular formula is C27H37N3O2S. The number of carbonyl (C=O) groups excluding carboxylic acids is 1. The van der Waals surface area contributed by atoms with E-state index in [0.717, 1.165) is 62.0 Å². The lowest BCUT2D eigenvalue weighted by atomic mass is 9.62. The third-order valence-electron chi connectivity index (χ3n) is 7.26. The van der Waals surface area contributed by atoms with Crippen molar-refractivity contribution in [1.29, 1.82) is 0 Å². The predicted molar refractivity (Wildman–Crippen MR) is 136 cm³/mol. The largest absolute Gasteiger partial charge is 0.342 e. The van der Waals surface area contributed by atoms with Crippen LogP contribution in [0.1, 0.15) is 76.8 Å². The minimum Gasteiger partial charge on any atom is -0.342 e. The predicted octanol–water partition coefficient (Wildman–Crippen LogP) is 5.43. The maximum Gasteiger partial charge on any atom is 0.258 e. The van der Waals surface area contributed by atoms with Crippen LogP contribution in [0.2, 0.25) is 0 Å². The summed E-state index contributed by atoms with van der Waals surface area (Å²) < 4.78 is 1.81. The lowest BCUT2D eigenvalue weighted by Gasteiger charge is -2.42. The van der Waals surface area contributed by atoms with Crippen molar-refractivity contribution in [2.24, 2.45) is 0 Å². The minimum absolute atomic E-state index is 0.0962. The van der Waals surface area contributed by atoms with E-state index in [-0.39, 0.29) is 16.9 Å². The topological polar surface area (TPSA) is 55.2 Å². The standard InChI is InChI=1S/C27H37N3O2S/c1-4-16-29(17-5-2)22(31)19-33-26-28-24-21-13-9-8-12-20(21)18-27(14-10-7-11-15-27)23(24)25(32)30(26)6-3/h8-9,12-13H,4-7,10-11,14-19H2,1-3H3. The van der Waals surface area contributed by atoms with Crippen LogP contribution in [0.3, 0.4) is 0 Å². The number of rotatable bonds is 8. The van der Waals surface area contributed by atoms with Gasteiger partial charge in [0.2, 0.25) is 5.91 Å². The maximum atomic E-state index is 13.9. The van der Waals surface area contributed by atoms with Gasteiger partial charge >= 0.3 is 0 Å². The van der Waals surface area contributed by atoms with E-state index in [9.17, 15) is 9.59 Å². The van der Waals surface area contributed by atoms with E-state index in [4.69, 9.17) is 4.98 Å². The van der Waals surface area contributed by atoms with Crippen molar-refractivity contribution in [3.8, 4) is 11.3 Å². The first kappa shape index (κ1) is 24.1. The fourth-order valence-electron chi connectivity index (χ4n) is 5.73. The highest BCUT2D eigenvalue weighted by Gasteiger charge is 2.43. The zero-order valence-corrected chi connectivity index (χ0v) is 21.2. The molecule has 1 aromatic carbocycles. The third-order valence-corrected chi connectivity index (χ3v) is 8.22. The van der Waals surface area contributed by atoms with Gasteiger partial charge in [0.1, 0.15) is 0 Å². The monoisotopic (exact) mass is 467 g/mol. The summed E-state index contributed by atoms with van der Waals surface area (Å²) in [6, 6.07) is 8.44. The molecule has 1 heterocycles. The first-order chi connectivity index (χ1) is 16.0. The molecule has 2 aliphatic rings. The van der Waals surface area contributed by atoms with Gasteiger partial charge in [-0.1, -0.05) is 69.1 Å². The van der Waals surface area contributed by atoms with Crippen molar-refractivity contribution in [1.82, 2.24) is 14.5 Å². The Morgan fingerprint density at radius 3 is 2.45 bits per heavy atom. The fraction of sp³-hybridized carbons (Fsp3) is 0.593. The first-order valence-corrected chi connectivity index (χ1v) is 13.7. The molecular weight excluding hydrogens is 430 g/mol. The Morgan fingerprint density at radius 1 is 1.09 bits per heavy atom. The van der Waals surface area contributed by atoms with E-state index >= 15 is 0 Å². The molecule has 2 aliphatic carbocycles. The number of amides is 1. The fourth-order valence-corrected chi connectivity index (χ4v) is 6.69. The highest BCUT2D eigenvalue weighted by atomic mass is 32.2. The van der Waals surface area contributed by atoms with Crippen LogP contribution in [0, 0.1) is 0 Å². The van der Waals surface area contributed by atoms with E-state index < -0.39 is 0 Å². The average molecular weight is 468 g/mol. The van der Waals surface area contributed by atoms with E-state index in [0.29, 0.717) is 17.5 Å². The molecule has 1 spiro atoms. The van der Waals surface area contributed by atoms with Gasteiger partial charge < -0.3 is 4.90 Å². The lowest BCUT2D eigenvalue weighted by molar-refractivity contribution is -0.128. The van der Waals surface area contributed by atoms with Crippen LogP contribution >= 0.6 is 11.8 Å². The van der Waals surface area contributed by atoms with Gasteiger partial charge in [-0.05, 0) is 44.6 Å². The summed E-state index contributed by atoms with van der Waals surface area (Å²) in [7, 11) is 0. The van der Waals surface area contributed by atoms with Gasteiger partial charge in [0.25, 0.3) is 5.56 Å². The molecule has 178 valence electrons. The quantitative estimate of drug-likeness (QED) is 0.384. The van der Waals surface area contributed by atoms with Crippen LogP contribution in [0.5, 0.6) is 0 Å². The maximum absolute atomic E-state index is 13.9. The molecule has 4 rings (SSSR count). The van der Waals surface area contributed by atoms with Crippen molar-refractivity contribution >= 4 is 17.7 Å². The van der Waals surface area contributed by atoms with Gasteiger partial charge in [0.05, 0.1) is 17.0 Å². The Bertz CT molecular complexity index is 1050. The Kier molecular flexibility index (Phi) is 7.62. The van der Waals surface area contributed by atoms with E-state index in [1.807, 2.05) is 22.5 Å².